The number of aliphatic hydroxyl groups excluding tert-OH is 1. The number of hydrogen-bond acceptors (Lipinski definition) is 3. The van der Waals surface area contributed by atoms with Crippen molar-refractivity contribution >= 4 is 46.4 Å². The Morgan fingerprint density at radius 2 is 1.59 bits per heavy atom. The third-order valence-corrected chi connectivity index (χ3v) is 6.12. The summed E-state index contributed by atoms with van der Waals surface area (Å²) in [6.45, 7) is 3.11. The maximum absolute atomic E-state index is 13.4. The lowest BCUT2D eigenvalue weighted by Crippen LogP contribution is -2.54. The Balaban J connectivity index is 0.000000396. The molecule has 9 heteroatoms. The van der Waals surface area contributed by atoms with Gasteiger partial charge in [-0.2, -0.15) is 0 Å². The van der Waals surface area contributed by atoms with Crippen LogP contribution in [-0.2, 0) is 4.79 Å². The van der Waals surface area contributed by atoms with Gasteiger partial charge in [-0.1, -0.05) is 53.0 Å². The van der Waals surface area contributed by atoms with Gasteiger partial charge in [0.25, 0.3) is 5.91 Å². The molecule has 3 aromatic carbocycles. The van der Waals surface area contributed by atoms with Gasteiger partial charge in [0.1, 0.15) is 11.6 Å². The lowest BCUT2D eigenvalue weighted by Gasteiger charge is -2.42. The van der Waals surface area contributed by atoms with Crippen LogP contribution in [0.15, 0.2) is 66.7 Å². The van der Waals surface area contributed by atoms with Crippen molar-refractivity contribution in [1.29, 1.82) is 0 Å². The summed E-state index contributed by atoms with van der Waals surface area (Å²) < 4.78 is 26.7. The molecule has 0 bridgehead atoms. The Morgan fingerprint density at radius 1 is 0.941 bits per heavy atom. The van der Waals surface area contributed by atoms with Crippen molar-refractivity contribution in [3.8, 4) is 0 Å². The number of amides is 1. The first-order valence-electron chi connectivity index (χ1n) is 10.5. The van der Waals surface area contributed by atoms with Crippen molar-refractivity contribution in [3.05, 3.63) is 99.0 Å². The molecule has 1 amide bonds. The van der Waals surface area contributed by atoms with Crippen LogP contribution in [0.3, 0.4) is 0 Å². The van der Waals surface area contributed by atoms with E-state index in [4.69, 9.17) is 34.8 Å². The topological polar surface area (TPSA) is 43.8 Å². The molecule has 3 aromatic rings. The number of piperazine rings is 1. The third-order valence-electron chi connectivity index (χ3n) is 5.33. The van der Waals surface area contributed by atoms with E-state index in [2.05, 4.69) is 4.90 Å². The van der Waals surface area contributed by atoms with Crippen molar-refractivity contribution in [2.45, 2.75) is 19.1 Å². The van der Waals surface area contributed by atoms with Crippen molar-refractivity contribution in [2.24, 2.45) is 0 Å². The van der Waals surface area contributed by atoms with E-state index >= 15 is 0 Å². The van der Waals surface area contributed by atoms with Crippen LogP contribution in [0.25, 0.3) is 0 Å². The van der Waals surface area contributed by atoms with E-state index in [1.165, 1.54) is 4.90 Å². The monoisotopic (exact) mass is 526 g/mol. The molecular weight excluding hydrogens is 505 g/mol. The predicted octanol–water partition coefficient (Wildman–Crippen LogP) is 6.38. The van der Waals surface area contributed by atoms with E-state index in [9.17, 15) is 18.7 Å². The number of anilines is 1. The number of rotatable bonds is 3. The summed E-state index contributed by atoms with van der Waals surface area (Å²) in [5.41, 5.74) is 0.710. The zero-order valence-electron chi connectivity index (χ0n) is 18.3. The minimum Gasteiger partial charge on any atom is -0.378 e. The normalized spacial score (nSPS) is 16.5. The van der Waals surface area contributed by atoms with Crippen molar-refractivity contribution < 1.29 is 18.7 Å². The second kappa shape index (κ2) is 11.8. The molecule has 180 valence electrons. The quantitative estimate of drug-likeness (QED) is 0.430. The number of carbonyl (C=O) groups is 1. The Bertz CT molecular complexity index is 1110. The summed E-state index contributed by atoms with van der Waals surface area (Å²) in [5, 5.41) is 12.1. The van der Waals surface area contributed by atoms with Gasteiger partial charge in [0, 0.05) is 41.8 Å². The zero-order chi connectivity index (χ0) is 24.8. The fourth-order valence-corrected chi connectivity index (χ4v) is 4.36. The molecule has 0 saturated carbocycles. The van der Waals surface area contributed by atoms with E-state index in [1.807, 2.05) is 43.3 Å². The maximum Gasteiger partial charge on any atom is 0.256 e. The zero-order valence-corrected chi connectivity index (χ0v) is 20.5. The molecule has 2 atom stereocenters. The van der Waals surface area contributed by atoms with Gasteiger partial charge in [-0.05, 0) is 55.0 Å². The molecule has 0 spiro atoms. The second-order valence-corrected chi connectivity index (χ2v) is 9.10. The number of aliphatic hydroxyl groups is 1. The minimum absolute atomic E-state index is 0.0715. The summed E-state index contributed by atoms with van der Waals surface area (Å²) >= 11 is 17.7. The first-order chi connectivity index (χ1) is 16.2. The first kappa shape index (κ1) is 26.2. The highest BCUT2D eigenvalue weighted by Crippen LogP contribution is 2.31. The van der Waals surface area contributed by atoms with Crippen LogP contribution in [0.5, 0.6) is 0 Å². The van der Waals surface area contributed by atoms with E-state index in [1.54, 1.807) is 12.1 Å². The van der Waals surface area contributed by atoms with Crippen LogP contribution in [-0.4, -0.2) is 41.6 Å². The number of halogens is 5. The summed E-state index contributed by atoms with van der Waals surface area (Å²) in [7, 11) is 0. The Labute approximate surface area is 212 Å². The van der Waals surface area contributed by atoms with Gasteiger partial charge in [-0.15, -0.1) is 0 Å². The Morgan fingerprint density at radius 3 is 2.12 bits per heavy atom. The summed E-state index contributed by atoms with van der Waals surface area (Å²) in [4.78, 5) is 16.1. The molecule has 1 fully saturated rings. The molecule has 4 nitrogen and oxygen atoms in total. The lowest BCUT2D eigenvalue weighted by molar-refractivity contribution is -0.141. The van der Waals surface area contributed by atoms with Gasteiger partial charge < -0.3 is 14.9 Å². The van der Waals surface area contributed by atoms with E-state index in [0.717, 1.165) is 22.8 Å². The van der Waals surface area contributed by atoms with Crippen molar-refractivity contribution in [3.63, 3.8) is 0 Å². The highest BCUT2D eigenvalue weighted by atomic mass is 35.5. The van der Waals surface area contributed by atoms with E-state index in [-0.39, 0.29) is 11.6 Å². The average molecular weight is 528 g/mol. The standard InChI is InChI=1S/C19H18Cl2F2N2O2.C6H5Cl/c1-11-10-24(4-5-25(11)17-3-2-13(20)8-16(17)21)19(27)18(26)12-6-14(22)9-15(23)7-12;7-6-4-2-1-3-5-6/h2-3,6-9,11,18,26H,4-5,10H2,1H3;1-5H. The van der Waals surface area contributed by atoms with E-state index < -0.39 is 23.6 Å². The average Bonchev–Trinajstić information content (AvgIpc) is 2.79. The van der Waals surface area contributed by atoms with Gasteiger partial charge >= 0.3 is 0 Å². The molecular formula is C25H23Cl3F2N2O2. The summed E-state index contributed by atoms with van der Waals surface area (Å²) in [6, 6.07) is 17.2. The van der Waals surface area contributed by atoms with Crippen LogP contribution < -0.4 is 4.90 Å². The van der Waals surface area contributed by atoms with Crippen LogP contribution in [0.2, 0.25) is 15.1 Å². The molecule has 1 N–H and O–H groups in total. The van der Waals surface area contributed by atoms with Crippen LogP contribution in [0.4, 0.5) is 14.5 Å². The molecule has 34 heavy (non-hydrogen) atoms. The van der Waals surface area contributed by atoms with Gasteiger partial charge in [0.15, 0.2) is 6.10 Å². The number of carbonyl (C=O) groups excluding carboxylic acids is 1. The highest BCUT2D eigenvalue weighted by Gasteiger charge is 2.31. The molecule has 0 aliphatic carbocycles. The fourth-order valence-electron chi connectivity index (χ4n) is 3.69. The van der Waals surface area contributed by atoms with Crippen LogP contribution in [0, 0.1) is 11.6 Å². The summed E-state index contributed by atoms with van der Waals surface area (Å²) in [5.74, 6) is -2.27. The molecule has 1 saturated heterocycles. The second-order valence-electron chi connectivity index (χ2n) is 7.82. The number of benzene rings is 3. The maximum atomic E-state index is 13.4. The number of nitrogens with zero attached hydrogens (tertiary/aromatic N) is 2. The van der Waals surface area contributed by atoms with Crippen LogP contribution in [0.1, 0.15) is 18.6 Å². The molecule has 0 radical (unpaired) electrons. The Hall–Kier alpha value is -2.38. The van der Waals surface area contributed by atoms with Gasteiger partial charge in [0.2, 0.25) is 0 Å². The van der Waals surface area contributed by atoms with Gasteiger partial charge in [-0.3, -0.25) is 4.79 Å². The molecule has 1 heterocycles. The first-order valence-corrected chi connectivity index (χ1v) is 11.6. The Kier molecular flexibility index (Phi) is 9.14. The molecule has 4 rings (SSSR count). The molecule has 1 aliphatic heterocycles. The predicted molar refractivity (Wildman–Crippen MR) is 133 cm³/mol. The third kappa shape index (κ3) is 6.83. The molecule has 0 aromatic heterocycles. The SMILES string of the molecule is CC1CN(C(=O)C(O)c2cc(F)cc(F)c2)CCN1c1ccc(Cl)cc1Cl.Clc1ccccc1. The summed E-state index contributed by atoms with van der Waals surface area (Å²) in [6.07, 6.45) is -1.62. The molecule has 2 unspecified atom stereocenters. The van der Waals surface area contributed by atoms with Gasteiger partial charge in [-0.25, -0.2) is 8.78 Å². The smallest absolute Gasteiger partial charge is 0.256 e. The van der Waals surface area contributed by atoms with Crippen molar-refractivity contribution in [2.75, 3.05) is 24.5 Å². The minimum atomic E-state index is -1.62. The molecule has 1 aliphatic rings. The van der Waals surface area contributed by atoms with E-state index in [0.29, 0.717) is 35.7 Å². The highest BCUT2D eigenvalue weighted by molar-refractivity contribution is 6.36. The lowest BCUT2D eigenvalue weighted by atomic mass is 10.1. The van der Waals surface area contributed by atoms with Crippen molar-refractivity contribution in [1.82, 2.24) is 4.90 Å². The number of hydrogen-bond donors (Lipinski definition) is 1. The largest absolute Gasteiger partial charge is 0.378 e. The van der Waals surface area contributed by atoms with Gasteiger partial charge in [0.05, 0.1) is 10.7 Å². The van der Waals surface area contributed by atoms with Crippen LogP contribution >= 0.6 is 34.8 Å². The fraction of sp³-hybridized carbons (Fsp3) is 0.240.